The van der Waals surface area contributed by atoms with Crippen molar-refractivity contribution in [3.05, 3.63) is 42.5 Å². The fourth-order valence-electron chi connectivity index (χ4n) is 1.56. The first-order valence-electron chi connectivity index (χ1n) is 6.60. The maximum absolute atomic E-state index is 12.2. The molecule has 5 heteroatoms. The molecule has 0 spiro atoms. The van der Waals surface area contributed by atoms with E-state index in [2.05, 4.69) is 17.2 Å². The lowest BCUT2D eigenvalue weighted by atomic mass is 9.91. The molecule has 0 aliphatic carbocycles. The number of benzene rings is 1. The first-order chi connectivity index (χ1) is 9.78. The van der Waals surface area contributed by atoms with Crippen LogP contribution in [0.15, 0.2) is 36.9 Å². The van der Waals surface area contributed by atoms with E-state index in [1.165, 1.54) is 6.92 Å². The van der Waals surface area contributed by atoms with Crippen molar-refractivity contribution in [1.29, 1.82) is 0 Å². The van der Waals surface area contributed by atoms with E-state index >= 15 is 0 Å². The minimum atomic E-state index is -1.21. The molecule has 1 rings (SSSR count). The summed E-state index contributed by atoms with van der Waals surface area (Å²) in [4.78, 5) is 35.3. The third kappa shape index (κ3) is 4.27. The molecule has 0 heterocycles. The maximum Gasteiger partial charge on any atom is 0.239 e. The minimum Gasteiger partial charge on any atom is -0.352 e. The minimum absolute atomic E-state index is 0.0444. The average molecular weight is 288 g/mol. The molecule has 2 N–H and O–H groups in total. The van der Waals surface area contributed by atoms with E-state index < -0.39 is 11.3 Å². The Hall–Kier alpha value is -2.43. The molecule has 0 aliphatic heterocycles. The molecule has 21 heavy (non-hydrogen) atoms. The Morgan fingerprint density at radius 3 is 2.19 bits per heavy atom. The number of hydrogen-bond acceptors (Lipinski definition) is 3. The maximum atomic E-state index is 12.2. The largest absolute Gasteiger partial charge is 0.352 e. The smallest absolute Gasteiger partial charge is 0.239 e. The SMILES string of the molecule is C=CCNC(=O)C(C)(C)C(=O)Nc1ccc(C(C)=O)cc1. The zero-order valence-corrected chi connectivity index (χ0v) is 12.5. The van der Waals surface area contributed by atoms with Crippen molar-refractivity contribution in [2.75, 3.05) is 11.9 Å². The van der Waals surface area contributed by atoms with Crippen molar-refractivity contribution >= 4 is 23.3 Å². The van der Waals surface area contributed by atoms with Crippen LogP contribution in [0.1, 0.15) is 31.1 Å². The van der Waals surface area contributed by atoms with E-state index in [1.807, 2.05) is 0 Å². The van der Waals surface area contributed by atoms with Gasteiger partial charge in [0.1, 0.15) is 5.41 Å². The fourth-order valence-corrected chi connectivity index (χ4v) is 1.56. The number of rotatable bonds is 6. The van der Waals surface area contributed by atoms with Crippen LogP contribution in [0.4, 0.5) is 5.69 Å². The first-order valence-corrected chi connectivity index (χ1v) is 6.60. The molecule has 0 atom stereocenters. The summed E-state index contributed by atoms with van der Waals surface area (Å²) in [5.74, 6) is -0.836. The van der Waals surface area contributed by atoms with E-state index in [4.69, 9.17) is 0 Å². The van der Waals surface area contributed by atoms with E-state index in [0.29, 0.717) is 17.8 Å². The van der Waals surface area contributed by atoms with Crippen LogP contribution in [0.5, 0.6) is 0 Å². The van der Waals surface area contributed by atoms with Crippen molar-refractivity contribution in [2.24, 2.45) is 5.41 Å². The summed E-state index contributed by atoms with van der Waals surface area (Å²) in [7, 11) is 0. The summed E-state index contributed by atoms with van der Waals surface area (Å²) in [5.41, 5.74) is -0.104. The van der Waals surface area contributed by atoms with Gasteiger partial charge in [-0.2, -0.15) is 0 Å². The van der Waals surface area contributed by atoms with Gasteiger partial charge < -0.3 is 10.6 Å². The van der Waals surface area contributed by atoms with Gasteiger partial charge in [-0.25, -0.2) is 0 Å². The van der Waals surface area contributed by atoms with Crippen LogP contribution in [0.3, 0.4) is 0 Å². The van der Waals surface area contributed by atoms with Crippen LogP contribution < -0.4 is 10.6 Å². The number of nitrogens with one attached hydrogen (secondary N) is 2. The lowest BCUT2D eigenvalue weighted by Gasteiger charge is -2.22. The van der Waals surface area contributed by atoms with E-state index in [1.54, 1.807) is 44.2 Å². The molecule has 5 nitrogen and oxygen atoms in total. The molecule has 0 aromatic heterocycles. The highest BCUT2D eigenvalue weighted by Gasteiger charge is 2.35. The van der Waals surface area contributed by atoms with E-state index in [0.717, 1.165) is 0 Å². The third-order valence-electron chi connectivity index (χ3n) is 3.09. The van der Waals surface area contributed by atoms with Crippen LogP contribution in [0, 0.1) is 5.41 Å². The second kappa shape index (κ2) is 6.83. The van der Waals surface area contributed by atoms with Gasteiger partial charge in [-0.3, -0.25) is 14.4 Å². The number of carbonyl (C=O) groups excluding carboxylic acids is 3. The van der Waals surface area contributed by atoms with Gasteiger partial charge in [-0.15, -0.1) is 6.58 Å². The number of anilines is 1. The zero-order chi connectivity index (χ0) is 16.0. The van der Waals surface area contributed by atoms with E-state index in [-0.39, 0.29) is 11.7 Å². The zero-order valence-electron chi connectivity index (χ0n) is 12.5. The Kier molecular flexibility index (Phi) is 5.41. The summed E-state index contributed by atoms with van der Waals surface area (Å²) in [6.45, 7) is 8.38. The van der Waals surface area contributed by atoms with Crippen molar-refractivity contribution in [1.82, 2.24) is 5.32 Å². The number of amides is 2. The third-order valence-corrected chi connectivity index (χ3v) is 3.09. The molecule has 0 aliphatic rings. The van der Waals surface area contributed by atoms with Gasteiger partial charge in [0.2, 0.25) is 11.8 Å². The van der Waals surface area contributed by atoms with Gasteiger partial charge in [0.15, 0.2) is 5.78 Å². The fraction of sp³-hybridized carbons (Fsp3) is 0.312. The predicted octanol–water partition coefficient (Wildman–Crippen LogP) is 2.16. The quantitative estimate of drug-likeness (QED) is 0.478. The van der Waals surface area contributed by atoms with Gasteiger partial charge in [0, 0.05) is 17.8 Å². The topological polar surface area (TPSA) is 75.3 Å². The predicted molar refractivity (Wildman–Crippen MR) is 82.1 cm³/mol. The van der Waals surface area contributed by atoms with Crippen LogP contribution >= 0.6 is 0 Å². The van der Waals surface area contributed by atoms with Gasteiger partial charge in [0.25, 0.3) is 0 Å². The van der Waals surface area contributed by atoms with Crippen molar-refractivity contribution in [2.45, 2.75) is 20.8 Å². The molecule has 0 saturated carbocycles. The molecule has 0 fully saturated rings. The number of Topliss-reactive ketones (excluding diaryl/α,β-unsaturated/α-hetero) is 1. The first kappa shape index (κ1) is 16.6. The summed E-state index contributed by atoms with van der Waals surface area (Å²) in [6.07, 6.45) is 1.55. The van der Waals surface area contributed by atoms with Crippen LogP contribution in [0.2, 0.25) is 0 Å². The Balaban J connectivity index is 2.77. The molecule has 2 amide bonds. The highest BCUT2D eigenvalue weighted by Crippen LogP contribution is 2.19. The molecule has 0 unspecified atom stereocenters. The van der Waals surface area contributed by atoms with Gasteiger partial charge >= 0.3 is 0 Å². The summed E-state index contributed by atoms with van der Waals surface area (Å²) < 4.78 is 0. The van der Waals surface area contributed by atoms with Crippen molar-refractivity contribution in [3.63, 3.8) is 0 Å². The van der Waals surface area contributed by atoms with Crippen molar-refractivity contribution < 1.29 is 14.4 Å². The monoisotopic (exact) mass is 288 g/mol. The molecular weight excluding hydrogens is 268 g/mol. The summed E-state index contributed by atoms with van der Waals surface area (Å²) in [5, 5.41) is 5.27. The highest BCUT2D eigenvalue weighted by molar-refractivity contribution is 6.10. The van der Waals surface area contributed by atoms with Gasteiger partial charge in [-0.05, 0) is 45.0 Å². The molecule has 1 aromatic rings. The van der Waals surface area contributed by atoms with Gasteiger partial charge in [0.05, 0.1) is 0 Å². The number of hydrogen-bond donors (Lipinski definition) is 2. The Morgan fingerprint density at radius 1 is 1.14 bits per heavy atom. The number of ketones is 1. The lowest BCUT2D eigenvalue weighted by molar-refractivity contribution is -0.138. The summed E-state index contributed by atoms with van der Waals surface area (Å²) >= 11 is 0. The van der Waals surface area contributed by atoms with Crippen LogP contribution in [0.25, 0.3) is 0 Å². The lowest BCUT2D eigenvalue weighted by Crippen LogP contribution is -2.45. The highest BCUT2D eigenvalue weighted by atomic mass is 16.2. The Bertz CT molecular complexity index is 559. The molecule has 1 aromatic carbocycles. The normalized spacial score (nSPS) is 10.6. The van der Waals surface area contributed by atoms with Crippen LogP contribution in [-0.4, -0.2) is 24.1 Å². The molecule has 0 saturated heterocycles. The average Bonchev–Trinajstić information content (AvgIpc) is 2.45. The molecule has 0 bridgehead atoms. The second-order valence-corrected chi connectivity index (χ2v) is 5.21. The van der Waals surface area contributed by atoms with E-state index in [9.17, 15) is 14.4 Å². The molecular formula is C16H20N2O3. The van der Waals surface area contributed by atoms with Crippen LogP contribution in [-0.2, 0) is 9.59 Å². The Morgan fingerprint density at radius 2 is 1.71 bits per heavy atom. The summed E-state index contributed by atoms with van der Waals surface area (Å²) in [6, 6.07) is 6.52. The molecule has 112 valence electrons. The van der Waals surface area contributed by atoms with Gasteiger partial charge in [-0.1, -0.05) is 6.08 Å². The van der Waals surface area contributed by atoms with Crippen molar-refractivity contribution in [3.8, 4) is 0 Å². The second-order valence-electron chi connectivity index (χ2n) is 5.21. The number of carbonyl (C=O) groups is 3. The Labute approximate surface area is 124 Å². The standard InChI is InChI=1S/C16H20N2O3/c1-5-10-17-14(20)16(3,4)15(21)18-13-8-6-12(7-9-13)11(2)19/h5-9H,1,10H2,2-4H3,(H,17,20)(H,18,21). The molecule has 0 radical (unpaired) electrons.